The highest BCUT2D eigenvalue weighted by molar-refractivity contribution is 5.77. The highest BCUT2D eigenvalue weighted by atomic mass is 16.5. The van der Waals surface area contributed by atoms with Crippen LogP contribution < -0.4 is 10.1 Å². The van der Waals surface area contributed by atoms with E-state index in [1.54, 1.807) is 13.3 Å². The van der Waals surface area contributed by atoms with Gasteiger partial charge < -0.3 is 10.1 Å². The van der Waals surface area contributed by atoms with E-state index in [1.807, 2.05) is 61.5 Å². The highest BCUT2D eigenvalue weighted by Gasteiger charge is 2.18. The van der Waals surface area contributed by atoms with Crippen molar-refractivity contribution in [2.45, 2.75) is 25.8 Å². The van der Waals surface area contributed by atoms with Crippen LogP contribution in [0.25, 0.3) is 0 Å². The molecule has 0 bridgehead atoms. The molecule has 0 fully saturated rings. The third-order valence-corrected chi connectivity index (χ3v) is 4.68. The molecule has 0 saturated carbocycles. The quantitative estimate of drug-likeness (QED) is 0.686. The number of amides is 1. The molecule has 27 heavy (non-hydrogen) atoms. The van der Waals surface area contributed by atoms with Gasteiger partial charge in [0.2, 0.25) is 5.91 Å². The summed E-state index contributed by atoms with van der Waals surface area (Å²) < 4.78 is 5.25. The van der Waals surface area contributed by atoms with E-state index >= 15 is 0 Å². The van der Waals surface area contributed by atoms with Crippen LogP contribution in [0, 0.1) is 6.92 Å². The minimum atomic E-state index is -0.0121. The molecule has 0 spiro atoms. The van der Waals surface area contributed by atoms with Gasteiger partial charge in [-0.25, -0.2) is 0 Å². The molecule has 138 valence electrons. The molecule has 1 atom stereocenters. The maximum absolute atomic E-state index is 12.6. The van der Waals surface area contributed by atoms with E-state index in [9.17, 15) is 4.79 Å². The molecule has 0 aliphatic rings. The molecular formula is C23H24N2O2. The lowest BCUT2D eigenvalue weighted by atomic mass is 9.88. The minimum absolute atomic E-state index is 0.00437. The minimum Gasteiger partial charge on any atom is -0.497 e. The van der Waals surface area contributed by atoms with Crippen LogP contribution in [0.4, 0.5) is 0 Å². The smallest absolute Gasteiger partial charge is 0.221 e. The zero-order chi connectivity index (χ0) is 19.1. The van der Waals surface area contributed by atoms with Crippen molar-refractivity contribution >= 4 is 5.91 Å². The molecule has 1 aromatic heterocycles. The van der Waals surface area contributed by atoms with Crippen LogP contribution in [0.15, 0.2) is 72.9 Å². The lowest BCUT2D eigenvalue weighted by Gasteiger charge is -2.18. The molecule has 4 nitrogen and oxygen atoms in total. The number of hydrogen-bond donors (Lipinski definition) is 1. The van der Waals surface area contributed by atoms with Crippen molar-refractivity contribution in [3.63, 3.8) is 0 Å². The van der Waals surface area contributed by atoms with Crippen molar-refractivity contribution in [2.24, 2.45) is 0 Å². The molecule has 0 aliphatic heterocycles. The van der Waals surface area contributed by atoms with Gasteiger partial charge in [0.1, 0.15) is 5.75 Å². The third-order valence-electron chi connectivity index (χ3n) is 4.68. The van der Waals surface area contributed by atoms with Gasteiger partial charge in [0.25, 0.3) is 0 Å². The number of aryl methyl sites for hydroxylation is 1. The van der Waals surface area contributed by atoms with Crippen LogP contribution in [0.3, 0.4) is 0 Å². The first-order valence-corrected chi connectivity index (χ1v) is 9.03. The second kappa shape index (κ2) is 8.99. The van der Waals surface area contributed by atoms with Gasteiger partial charge >= 0.3 is 0 Å². The maximum atomic E-state index is 12.6. The Balaban J connectivity index is 1.74. The fourth-order valence-corrected chi connectivity index (χ4v) is 3.09. The molecule has 2 aromatic carbocycles. The van der Waals surface area contributed by atoms with E-state index in [1.165, 1.54) is 0 Å². The van der Waals surface area contributed by atoms with E-state index in [2.05, 4.69) is 22.4 Å². The molecule has 1 heterocycles. The normalized spacial score (nSPS) is 11.6. The number of benzene rings is 2. The number of aromatic nitrogens is 1. The number of rotatable bonds is 7. The molecule has 0 radical (unpaired) electrons. The average Bonchev–Trinajstić information content (AvgIpc) is 2.72. The topological polar surface area (TPSA) is 51.2 Å². The number of nitrogens with one attached hydrogen (secondary N) is 1. The third kappa shape index (κ3) is 4.94. The van der Waals surface area contributed by atoms with Gasteiger partial charge in [-0.2, -0.15) is 0 Å². The number of carbonyl (C=O) groups is 1. The fourth-order valence-electron chi connectivity index (χ4n) is 3.09. The van der Waals surface area contributed by atoms with E-state index in [-0.39, 0.29) is 11.8 Å². The highest BCUT2D eigenvalue weighted by Crippen LogP contribution is 2.29. The Labute approximate surface area is 160 Å². The van der Waals surface area contributed by atoms with E-state index in [0.717, 1.165) is 28.1 Å². The number of pyridine rings is 1. The monoisotopic (exact) mass is 360 g/mol. The molecule has 4 heteroatoms. The summed E-state index contributed by atoms with van der Waals surface area (Å²) in [5.74, 6) is 0.798. The Morgan fingerprint density at radius 2 is 1.70 bits per heavy atom. The Morgan fingerprint density at radius 3 is 2.37 bits per heavy atom. The van der Waals surface area contributed by atoms with Crippen molar-refractivity contribution in [1.29, 1.82) is 0 Å². The maximum Gasteiger partial charge on any atom is 0.221 e. The van der Waals surface area contributed by atoms with E-state index in [0.29, 0.717) is 13.0 Å². The standard InChI is InChI=1S/C23H24N2O2/c1-17-7-6-14-24-22(17)16-25-23(26)15-21(18-8-4-3-5-9-18)19-10-12-20(27-2)13-11-19/h3-14,21H,15-16H2,1-2H3,(H,25,26). The summed E-state index contributed by atoms with van der Waals surface area (Å²) in [6, 6.07) is 21.9. The summed E-state index contributed by atoms with van der Waals surface area (Å²) in [6.07, 6.45) is 2.13. The summed E-state index contributed by atoms with van der Waals surface area (Å²) >= 11 is 0. The largest absolute Gasteiger partial charge is 0.497 e. The zero-order valence-corrected chi connectivity index (χ0v) is 15.7. The lowest BCUT2D eigenvalue weighted by Crippen LogP contribution is -2.25. The van der Waals surface area contributed by atoms with Crippen molar-refractivity contribution in [1.82, 2.24) is 10.3 Å². The molecule has 0 saturated heterocycles. The second-order valence-corrected chi connectivity index (χ2v) is 6.48. The summed E-state index contributed by atoms with van der Waals surface area (Å²) in [5.41, 5.74) is 4.18. The molecular weight excluding hydrogens is 336 g/mol. The molecule has 1 N–H and O–H groups in total. The molecule has 0 aliphatic carbocycles. The Bertz CT molecular complexity index is 876. The van der Waals surface area contributed by atoms with Crippen LogP contribution in [-0.2, 0) is 11.3 Å². The number of nitrogens with zero attached hydrogens (tertiary/aromatic N) is 1. The Kier molecular flexibility index (Phi) is 6.21. The van der Waals surface area contributed by atoms with Gasteiger partial charge in [-0.05, 0) is 41.8 Å². The first-order valence-electron chi connectivity index (χ1n) is 9.03. The van der Waals surface area contributed by atoms with Gasteiger partial charge in [0, 0.05) is 18.5 Å². The molecule has 3 rings (SSSR count). The molecule has 1 amide bonds. The van der Waals surface area contributed by atoms with Crippen LogP contribution in [-0.4, -0.2) is 18.0 Å². The van der Waals surface area contributed by atoms with Crippen LogP contribution >= 0.6 is 0 Å². The molecule has 1 unspecified atom stereocenters. The Morgan fingerprint density at radius 1 is 1.00 bits per heavy atom. The number of methoxy groups -OCH3 is 1. The summed E-state index contributed by atoms with van der Waals surface area (Å²) in [6.45, 7) is 2.44. The van der Waals surface area contributed by atoms with E-state index in [4.69, 9.17) is 4.74 Å². The summed E-state index contributed by atoms with van der Waals surface area (Å²) in [4.78, 5) is 17.0. The molecule has 3 aromatic rings. The zero-order valence-electron chi connectivity index (χ0n) is 15.7. The van der Waals surface area contributed by atoms with Crippen LogP contribution in [0.1, 0.15) is 34.7 Å². The lowest BCUT2D eigenvalue weighted by molar-refractivity contribution is -0.121. The van der Waals surface area contributed by atoms with Gasteiger partial charge in [0.15, 0.2) is 0 Å². The van der Waals surface area contributed by atoms with Crippen molar-refractivity contribution in [2.75, 3.05) is 7.11 Å². The van der Waals surface area contributed by atoms with Gasteiger partial charge in [-0.3, -0.25) is 9.78 Å². The predicted octanol–water partition coefficient (Wildman–Crippen LogP) is 4.24. The first-order chi connectivity index (χ1) is 13.2. The van der Waals surface area contributed by atoms with Crippen molar-refractivity contribution < 1.29 is 9.53 Å². The van der Waals surface area contributed by atoms with Gasteiger partial charge in [0.05, 0.1) is 19.3 Å². The summed E-state index contributed by atoms with van der Waals surface area (Å²) in [5, 5.41) is 3.01. The number of carbonyl (C=O) groups excluding carboxylic acids is 1. The summed E-state index contributed by atoms with van der Waals surface area (Å²) in [7, 11) is 1.65. The van der Waals surface area contributed by atoms with E-state index < -0.39 is 0 Å². The Hall–Kier alpha value is -3.14. The predicted molar refractivity (Wildman–Crippen MR) is 107 cm³/mol. The number of hydrogen-bond acceptors (Lipinski definition) is 3. The van der Waals surface area contributed by atoms with Gasteiger partial charge in [-0.1, -0.05) is 48.5 Å². The first kappa shape index (κ1) is 18.6. The van der Waals surface area contributed by atoms with Crippen LogP contribution in [0.5, 0.6) is 5.75 Å². The number of ether oxygens (including phenoxy) is 1. The average molecular weight is 360 g/mol. The SMILES string of the molecule is COc1ccc(C(CC(=O)NCc2ncccc2C)c2ccccc2)cc1. The second-order valence-electron chi connectivity index (χ2n) is 6.48. The van der Waals surface area contributed by atoms with Crippen molar-refractivity contribution in [3.8, 4) is 5.75 Å². The fraction of sp³-hybridized carbons (Fsp3) is 0.217. The van der Waals surface area contributed by atoms with Crippen LogP contribution in [0.2, 0.25) is 0 Å². The van der Waals surface area contributed by atoms with Gasteiger partial charge in [-0.15, -0.1) is 0 Å². The van der Waals surface area contributed by atoms with Crippen molar-refractivity contribution in [3.05, 3.63) is 95.3 Å².